The number of carbonyl (C=O) groups excluding carboxylic acids is 1. The molecule has 1 saturated heterocycles. The second kappa shape index (κ2) is 4.82. The van der Waals surface area contributed by atoms with E-state index >= 15 is 0 Å². The fraction of sp³-hybridized carbons (Fsp3) is 0.500. The molecule has 3 nitrogen and oxygen atoms in total. The molecule has 2 rings (SSSR count). The van der Waals surface area contributed by atoms with Gasteiger partial charge in [-0.3, -0.25) is 4.79 Å². The molecule has 2 aliphatic rings. The van der Waals surface area contributed by atoms with Crippen LogP contribution in [0.4, 0.5) is 0 Å². The van der Waals surface area contributed by atoms with Crippen molar-refractivity contribution in [2.24, 2.45) is 0 Å². The molecule has 0 spiro atoms. The molecule has 0 aromatic heterocycles. The van der Waals surface area contributed by atoms with Crippen molar-refractivity contribution in [3.63, 3.8) is 0 Å². The number of hydrogen-bond donors (Lipinski definition) is 0. The third-order valence-electron chi connectivity index (χ3n) is 2.09. The monoisotopic (exact) mass is 182 g/mol. The summed E-state index contributed by atoms with van der Waals surface area (Å²) in [6, 6.07) is 0. The Balaban J connectivity index is 0.000000184. The first-order valence-electron chi connectivity index (χ1n) is 4.27. The lowest BCUT2D eigenvalue weighted by atomic mass is 10.0. The zero-order valence-electron chi connectivity index (χ0n) is 7.90. The molecule has 72 valence electrons. The molecular weight excluding hydrogens is 168 g/mol. The van der Waals surface area contributed by atoms with Crippen molar-refractivity contribution in [2.75, 3.05) is 7.11 Å². The topological polar surface area (TPSA) is 35.5 Å². The lowest BCUT2D eigenvalue weighted by molar-refractivity contribution is -0.126. The molecule has 0 N–H and O–H groups in total. The van der Waals surface area contributed by atoms with Crippen LogP contribution in [0.15, 0.2) is 23.8 Å². The van der Waals surface area contributed by atoms with Gasteiger partial charge in [-0.15, -0.1) is 0 Å². The van der Waals surface area contributed by atoms with E-state index < -0.39 is 0 Å². The molecule has 0 aliphatic carbocycles. The van der Waals surface area contributed by atoms with E-state index in [1.54, 1.807) is 0 Å². The Morgan fingerprint density at radius 2 is 2.31 bits per heavy atom. The normalized spacial score (nSPS) is 31.4. The van der Waals surface area contributed by atoms with Gasteiger partial charge in [-0.25, -0.2) is 0 Å². The van der Waals surface area contributed by atoms with Crippen molar-refractivity contribution >= 4 is 6.47 Å². The molecule has 2 bridgehead atoms. The van der Waals surface area contributed by atoms with Gasteiger partial charge < -0.3 is 9.47 Å². The van der Waals surface area contributed by atoms with Gasteiger partial charge >= 0.3 is 0 Å². The van der Waals surface area contributed by atoms with Crippen LogP contribution in [0.5, 0.6) is 0 Å². The third-order valence-corrected chi connectivity index (χ3v) is 2.09. The molecule has 0 amide bonds. The highest BCUT2D eigenvalue weighted by molar-refractivity contribution is 5.36. The number of hydrogen-bond acceptors (Lipinski definition) is 3. The van der Waals surface area contributed by atoms with Crippen LogP contribution in [0, 0.1) is 0 Å². The van der Waals surface area contributed by atoms with Crippen LogP contribution in [-0.2, 0) is 14.3 Å². The second-order valence-corrected chi connectivity index (χ2v) is 2.88. The summed E-state index contributed by atoms with van der Waals surface area (Å²) in [5, 5.41) is 0. The van der Waals surface area contributed by atoms with Crippen LogP contribution in [0.25, 0.3) is 0 Å². The van der Waals surface area contributed by atoms with E-state index in [4.69, 9.17) is 9.53 Å². The van der Waals surface area contributed by atoms with Crippen molar-refractivity contribution in [1.29, 1.82) is 0 Å². The summed E-state index contributed by atoms with van der Waals surface area (Å²) in [6.07, 6.45) is 8.31. The number of methoxy groups -OCH3 is 1. The largest absolute Gasteiger partial charge is 0.471 e. The average molecular weight is 182 g/mol. The van der Waals surface area contributed by atoms with Crippen molar-refractivity contribution in [2.45, 2.75) is 25.6 Å². The van der Waals surface area contributed by atoms with Crippen molar-refractivity contribution in [1.82, 2.24) is 0 Å². The number of ether oxygens (including phenoxy) is 2. The van der Waals surface area contributed by atoms with Gasteiger partial charge in [-0.05, 0) is 12.5 Å². The van der Waals surface area contributed by atoms with Gasteiger partial charge in [0.2, 0.25) is 0 Å². The van der Waals surface area contributed by atoms with Gasteiger partial charge in [-0.1, -0.05) is 18.2 Å². The zero-order valence-corrected chi connectivity index (χ0v) is 7.90. The van der Waals surface area contributed by atoms with Gasteiger partial charge in [0.05, 0.1) is 19.3 Å². The van der Waals surface area contributed by atoms with Gasteiger partial charge in [-0.2, -0.15) is 0 Å². The zero-order chi connectivity index (χ0) is 9.68. The molecule has 0 aromatic rings. The van der Waals surface area contributed by atoms with E-state index in [1.807, 2.05) is 0 Å². The van der Waals surface area contributed by atoms with E-state index in [2.05, 4.69) is 29.9 Å². The van der Waals surface area contributed by atoms with Crippen LogP contribution in [0.3, 0.4) is 0 Å². The highest BCUT2D eigenvalue weighted by Crippen LogP contribution is 2.32. The van der Waals surface area contributed by atoms with Crippen molar-refractivity contribution in [3.8, 4) is 0 Å². The minimum Gasteiger partial charge on any atom is -0.471 e. The first-order chi connectivity index (χ1) is 6.31. The van der Waals surface area contributed by atoms with E-state index in [0.717, 1.165) is 6.42 Å². The predicted octanol–water partition coefficient (Wildman–Crippen LogP) is 1.45. The summed E-state index contributed by atoms with van der Waals surface area (Å²) in [6.45, 7) is 2.45. The number of fused-ring (bicyclic) bond motifs is 2. The molecule has 0 aromatic carbocycles. The SMILES string of the molecule is C/C=C1\CC2C=CC1O2.COC=O. The molecule has 0 radical (unpaired) electrons. The predicted molar refractivity (Wildman–Crippen MR) is 49.2 cm³/mol. The maximum atomic E-state index is 8.95. The van der Waals surface area contributed by atoms with Gasteiger partial charge in [0, 0.05) is 6.42 Å². The van der Waals surface area contributed by atoms with Crippen LogP contribution < -0.4 is 0 Å². The first kappa shape index (κ1) is 9.99. The highest BCUT2D eigenvalue weighted by atomic mass is 16.5. The Kier molecular flexibility index (Phi) is 3.71. The maximum Gasteiger partial charge on any atom is 0.292 e. The molecule has 0 saturated carbocycles. The Bertz CT molecular complexity index is 230. The molecule has 3 heteroatoms. The smallest absolute Gasteiger partial charge is 0.292 e. The van der Waals surface area contributed by atoms with Crippen LogP contribution in [0.2, 0.25) is 0 Å². The summed E-state index contributed by atoms with van der Waals surface area (Å²) >= 11 is 0. The van der Waals surface area contributed by atoms with Crippen LogP contribution in [-0.4, -0.2) is 25.8 Å². The fourth-order valence-corrected chi connectivity index (χ4v) is 1.46. The van der Waals surface area contributed by atoms with Gasteiger partial charge in [0.1, 0.15) is 0 Å². The first-order valence-corrected chi connectivity index (χ1v) is 4.27. The average Bonchev–Trinajstić information content (AvgIpc) is 2.79. The minimum absolute atomic E-state index is 0.333. The third kappa shape index (κ3) is 2.42. The fourth-order valence-electron chi connectivity index (χ4n) is 1.46. The summed E-state index contributed by atoms with van der Waals surface area (Å²) in [5.74, 6) is 0. The molecule has 2 unspecified atom stereocenters. The van der Waals surface area contributed by atoms with Gasteiger partial charge in [0.15, 0.2) is 0 Å². The standard InChI is InChI=1S/C8H10O.C2H4O2/c1-2-6-5-7-3-4-8(6)9-7;1-4-2-3/h2-4,7-8H,5H2,1H3;2H,1H3/b6-2+;. The number of allylic oxidation sites excluding steroid dienone is 1. The van der Waals surface area contributed by atoms with E-state index in [0.29, 0.717) is 18.7 Å². The molecule has 1 fully saturated rings. The summed E-state index contributed by atoms with van der Waals surface area (Å²) in [7, 11) is 1.31. The summed E-state index contributed by atoms with van der Waals surface area (Å²) < 4.78 is 9.36. The summed E-state index contributed by atoms with van der Waals surface area (Å²) in [4.78, 5) is 8.95. The molecule has 13 heavy (non-hydrogen) atoms. The maximum absolute atomic E-state index is 8.95. The number of carbonyl (C=O) groups is 1. The summed E-state index contributed by atoms with van der Waals surface area (Å²) in [5.41, 5.74) is 1.45. The van der Waals surface area contributed by atoms with Crippen molar-refractivity contribution < 1.29 is 14.3 Å². The van der Waals surface area contributed by atoms with Crippen molar-refractivity contribution in [3.05, 3.63) is 23.8 Å². The van der Waals surface area contributed by atoms with E-state index in [1.165, 1.54) is 12.7 Å². The highest BCUT2D eigenvalue weighted by Gasteiger charge is 2.30. The van der Waals surface area contributed by atoms with Gasteiger partial charge in [0.25, 0.3) is 6.47 Å². The van der Waals surface area contributed by atoms with Crippen LogP contribution in [0.1, 0.15) is 13.3 Å². The minimum atomic E-state index is 0.333. The van der Waals surface area contributed by atoms with E-state index in [9.17, 15) is 0 Å². The lowest BCUT2D eigenvalue weighted by Crippen LogP contribution is -1.98. The Labute approximate surface area is 78.0 Å². The molecule has 2 heterocycles. The quantitative estimate of drug-likeness (QED) is 0.455. The number of rotatable bonds is 1. The Morgan fingerprint density at radius 1 is 1.62 bits per heavy atom. The Morgan fingerprint density at radius 3 is 2.54 bits per heavy atom. The van der Waals surface area contributed by atoms with E-state index in [-0.39, 0.29) is 0 Å². The Hall–Kier alpha value is -1.09. The molecule has 2 atom stereocenters. The van der Waals surface area contributed by atoms with Crippen LogP contribution >= 0.6 is 0 Å². The molecular formula is C10H14O3. The lowest BCUT2D eigenvalue weighted by Gasteiger charge is -2.01. The second-order valence-electron chi connectivity index (χ2n) is 2.88. The molecule has 2 aliphatic heterocycles.